The van der Waals surface area contributed by atoms with E-state index in [4.69, 9.17) is 5.11 Å². The summed E-state index contributed by atoms with van der Waals surface area (Å²) in [6.45, 7) is 1.95. The Kier molecular flexibility index (Phi) is 3.14. The fourth-order valence-corrected chi connectivity index (χ4v) is 1.18. The highest BCUT2D eigenvalue weighted by atomic mass is 32.1. The summed E-state index contributed by atoms with van der Waals surface area (Å²) in [6.07, 6.45) is 2.64. The molecular weight excluding hydrogens is 184 g/mol. The minimum Gasteiger partial charge on any atom is -0.478 e. The average Bonchev–Trinajstić information content (AvgIpc) is 2.06. The van der Waals surface area contributed by atoms with Crippen LogP contribution < -0.4 is 0 Å². The van der Waals surface area contributed by atoms with Crippen LogP contribution in [-0.4, -0.2) is 11.1 Å². The first-order valence-corrected chi connectivity index (χ1v) is 4.25. The van der Waals surface area contributed by atoms with E-state index in [-0.39, 0.29) is 0 Å². The number of hydrogen-bond acceptors (Lipinski definition) is 2. The second-order valence-electron chi connectivity index (χ2n) is 2.73. The van der Waals surface area contributed by atoms with Gasteiger partial charge in [0.1, 0.15) is 0 Å². The molecule has 1 N–H and O–H groups in total. The molecule has 68 valence electrons. The molecule has 1 aromatic carbocycles. The van der Waals surface area contributed by atoms with Crippen molar-refractivity contribution in [2.24, 2.45) is 0 Å². The van der Waals surface area contributed by atoms with Crippen LogP contribution in [0.4, 0.5) is 0 Å². The van der Waals surface area contributed by atoms with E-state index in [0.29, 0.717) is 0 Å². The third-order valence-electron chi connectivity index (χ3n) is 1.59. The van der Waals surface area contributed by atoms with Crippen LogP contribution in [0.5, 0.6) is 0 Å². The highest BCUT2D eigenvalue weighted by molar-refractivity contribution is 7.80. The molecular formula is C10H10O2S. The lowest BCUT2D eigenvalue weighted by Gasteiger charge is -1.99. The normalized spacial score (nSPS) is 10.6. The van der Waals surface area contributed by atoms with Crippen LogP contribution in [0.2, 0.25) is 0 Å². The Morgan fingerprint density at radius 1 is 1.54 bits per heavy atom. The van der Waals surface area contributed by atoms with Crippen LogP contribution in [0, 0.1) is 6.92 Å². The molecule has 0 saturated carbocycles. The maximum absolute atomic E-state index is 10.3. The number of benzene rings is 1. The zero-order valence-electron chi connectivity index (χ0n) is 7.19. The predicted octanol–water partition coefficient (Wildman–Crippen LogP) is 2.38. The number of carbonyl (C=O) groups is 1. The van der Waals surface area contributed by atoms with Gasteiger partial charge in [0.25, 0.3) is 0 Å². The maximum atomic E-state index is 10.3. The predicted molar refractivity (Wildman–Crippen MR) is 55.1 cm³/mol. The molecule has 1 aromatic rings. The molecule has 0 spiro atoms. The van der Waals surface area contributed by atoms with Crippen LogP contribution >= 0.6 is 12.6 Å². The number of hydrogen-bond donors (Lipinski definition) is 2. The topological polar surface area (TPSA) is 37.3 Å². The Hall–Kier alpha value is -1.22. The summed E-state index contributed by atoms with van der Waals surface area (Å²) in [4.78, 5) is 11.0. The third-order valence-corrected chi connectivity index (χ3v) is 2.00. The fourth-order valence-electron chi connectivity index (χ4n) is 0.969. The number of carboxylic acids is 1. The lowest BCUT2D eigenvalue weighted by molar-refractivity contribution is -0.131. The highest BCUT2D eigenvalue weighted by Gasteiger charge is 1.95. The number of rotatable bonds is 2. The Balaban J connectivity index is 3.00. The van der Waals surface area contributed by atoms with Crippen molar-refractivity contribution in [3.63, 3.8) is 0 Å². The van der Waals surface area contributed by atoms with E-state index in [1.807, 2.05) is 25.1 Å². The summed E-state index contributed by atoms with van der Waals surface area (Å²) in [5.41, 5.74) is 1.91. The first-order valence-electron chi connectivity index (χ1n) is 3.80. The van der Waals surface area contributed by atoms with Gasteiger partial charge in [-0.1, -0.05) is 17.7 Å². The van der Waals surface area contributed by atoms with Crippen molar-refractivity contribution in [1.29, 1.82) is 0 Å². The summed E-state index contributed by atoms with van der Waals surface area (Å²) in [5.74, 6) is -0.950. The van der Waals surface area contributed by atoms with E-state index >= 15 is 0 Å². The molecule has 0 aliphatic carbocycles. The Bertz CT molecular complexity index is 356. The van der Waals surface area contributed by atoms with Crippen molar-refractivity contribution < 1.29 is 9.90 Å². The molecule has 0 amide bonds. The monoisotopic (exact) mass is 194 g/mol. The number of thiol groups is 1. The van der Waals surface area contributed by atoms with Crippen molar-refractivity contribution in [2.45, 2.75) is 11.8 Å². The maximum Gasteiger partial charge on any atom is 0.328 e. The van der Waals surface area contributed by atoms with E-state index in [0.717, 1.165) is 22.1 Å². The molecule has 0 heterocycles. The fraction of sp³-hybridized carbons (Fsp3) is 0.100. The van der Waals surface area contributed by atoms with Gasteiger partial charge in [0.15, 0.2) is 0 Å². The van der Waals surface area contributed by atoms with Crippen molar-refractivity contribution in [2.75, 3.05) is 0 Å². The molecule has 0 aliphatic heterocycles. The van der Waals surface area contributed by atoms with Crippen LogP contribution in [0.15, 0.2) is 29.2 Å². The number of aliphatic carboxylic acids is 1. The SMILES string of the molecule is Cc1ccc(S)c(C=CC(=O)O)c1. The lowest BCUT2D eigenvalue weighted by Crippen LogP contribution is -1.86. The van der Waals surface area contributed by atoms with Gasteiger partial charge in [0.05, 0.1) is 0 Å². The van der Waals surface area contributed by atoms with E-state index in [9.17, 15) is 4.79 Å². The molecule has 1 rings (SSSR count). The van der Waals surface area contributed by atoms with E-state index in [1.54, 1.807) is 0 Å². The summed E-state index contributed by atoms with van der Waals surface area (Å²) < 4.78 is 0. The molecule has 2 nitrogen and oxygen atoms in total. The quantitative estimate of drug-likeness (QED) is 0.560. The van der Waals surface area contributed by atoms with Gasteiger partial charge in [-0.2, -0.15) is 0 Å². The third kappa shape index (κ3) is 2.95. The largest absolute Gasteiger partial charge is 0.478 e. The van der Waals surface area contributed by atoms with Crippen LogP contribution in [0.3, 0.4) is 0 Å². The average molecular weight is 194 g/mol. The molecule has 13 heavy (non-hydrogen) atoms. The lowest BCUT2D eigenvalue weighted by atomic mass is 10.1. The summed E-state index contributed by atoms with van der Waals surface area (Å²) in [7, 11) is 0. The Morgan fingerprint density at radius 2 is 2.23 bits per heavy atom. The number of carboxylic acid groups (broad SMARTS) is 1. The first kappa shape index (κ1) is 9.86. The minimum absolute atomic E-state index is 0.781. The summed E-state index contributed by atoms with van der Waals surface area (Å²) >= 11 is 4.20. The van der Waals surface area contributed by atoms with Gasteiger partial charge in [-0.05, 0) is 24.6 Å². The van der Waals surface area contributed by atoms with Gasteiger partial charge in [-0.25, -0.2) is 4.79 Å². The van der Waals surface area contributed by atoms with Gasteiger partial charge in [0.2, 0.25) is 0 Å². The second-order valence-corrected chi connectivity index (χ2v) is 3.22. The zero-order chi connectivity index (χ0) is 9.84. The van der Waals surface area contributed by atoms with Gasteiger partial charge in [0, 0.05) is 11.0 Å². The molecule has 0 saturated heterocycles. The Labute approximate surface area is 82.3 Å². The van der Waals surface area contributed by atoms with Crippen molar-refractivity contribution >= 4 is 24.7 Å². The standard InChI is InChI=1S/C10H10O2S/c1-7-2-4-9(13)8(6-7)3-5-10(11)12/h2-6,13H,1H3,(H,11,12). The highest BCUT2D eigenvalue weighted by Crippen LogP contribution is 2.16. The van der Waals surface area contributed by atoms with Gasteiger partial charge < -0.3 is 5.11 Å². The van der Waals surface area contributed by atoms with E-state index in [2.05, 4.69) is 12.6 Å². The van der Waals surface area contributed by atoms with Crippen molar-refractivity contribution in [3.05, 3.63) is 35.4 Å². The summed E-state index contributed by atoms with van der Waals surface area (Å²) in [6, 6.07) is 5.67. The molecule has 0 radical (unpaired) electrons. The number of aryl methyl sites for hydroxylation is 1. The van der Waals surface area contributed by atoms with Crippen molar-refractivity contribution in [1.82, 2.24) is 0 Å². The molecule has 0 unspecified atom stereocenters. The van der Waals surface area contributed by atoms with Crippen LogP contribution in [-0.2, 0) is 4.79 Å². The Morgan fingerprint density at radius 3 is 2.85 bits per heavy atom. The van der Waals surface area contributed by atoms with Gasteiger partial charge in [-0.3, -0.25) is 0 Å². The van der Waals surface area contributed by atoms with Gasteiger partial charge in [-0.15, -0.1) is 12.6 Å². The van der Waals surface area contributed by atoms with Crippen LogP contribution in [0.1, 0.15) is 11.1 Å². The van der Waals surface area contributed by atoms with Gasteiger partial charge >= 0.3 is 5.97 Å². The van der Waals surface area contributed by atoms with E-state index < -0.39 is 5.97 Å². The second kappa shape index (κ2) is 4.14. The van der Waals surface area contributed by atoms with Crippen molar-refractivity contribution in [3.8, 4) is 0 Å². The van der Waals surface area contributed by atoms with E-state index in [1.165, 1.54) is 6.08 Å². The zero-order valence-corrected chi connectivity index (χ0v) is 8.08. The molecule has 0 aromatic heterocycles. The molecule has 0 bridgehead atoms. The summed E-state index contributed by atoms with van der Waals surface area (Å²) in [5, 5.41) is 8.42. The minimum atomic E-state index is -0.950. The smallest absolute Gasteiger partial charge is 0.328 e. The molecule has 0 fully saturated rings. The molecule has 0 aliphatic rings. The first-order chi connectivity index (χ1) is 6.09. The van der Waals surface area contributed by atoms with Crippen LogP contribution in [0.25, 0.3) is 6.08 Å². The molecule has 3 heteroatoms. The molecule has 0 atom stereocenters.